The first kappa shape index (κ1) is 29.7. The number of halogens is 2. The Morgan fingerprint density at radius 3 is 2.25 bits per heavy atom. The monoisotopic (exact) mass is 549 g/mol. The molecular formula is C33H41F2N3O2. The van der Waals surface area contributed by atoms with E-state index in [-0.39, 0.29) is 23.9 Å². The minimum Gasteiger partial charge on any atom is -0.390 e. The van der Waals surface area contributed by atoms with Crippen LogP contribution >= 0.6 is 0 Å². The number of amides is 2. The summed E-state index contributed by atoms with van der Waals surface area (Å²) in [6.45, 7) is 6.79. The van der Waals surface area contributed by atoms with Crippen molar-refractivity contribution in [1.29, 1.82) is 0 Å². The minimum absolute atomic E-state index is 0.00669. The number of carbonyl (C=O) groups is 1. The van der Waals surface area contributed by atoms with Gasteiger partial charge < -0.3 is 21.1 Å². The van der Waals surface area contributed by atoms with Crippen molar-refractivity contribution in [3.05, 3.63) is 101 Å². The Bertz CT molecular complexity index is 1250. The second-order valence-electron chi connectivity index (χ2n) is 12.0. The van der Waals surface area contributed by atoms with Crippen LogP contribution in [0.1, 0.15) is 69.6 Å². The predicted octanol–water partition coefficient (Wildman–Crippen LogP) is 6.81. The summed E-state index contributed by atoms with van der Waals surface area (Å²) in [7, 11) is 0. The van der Waals surface area contributed by atoms with Crippen molar-refractivity contribution in [2.75, 3.05) is 11.9 Å². The molecule has 2 unspecified atom stereocenters. The Hall–Kier alpha value is -3.29. The first-order chi connectivity index (χ1) is 19.0. The summed E-state index contributed by atoms with van der Waals surface area (Å²) in [5.74, 6) is -1.40. The van der Waals surface area contributed by atoms with Gasteiger partial charge in [-0.2, -0.15) is 0 Å². The standard InChI is InChI=1S/C33H41F2N3O2/c1-32(2,3)24-11-10-12-25(20-24)33(15-8-5-9-16-33)36-22-30(39)29(19-23-17-26(34)21-27(35)18-23)38-31(40)37-28-13-6-4-7-14-28/h4,6-7,10-14,17-18,20-21,29-30,36,39H,5,8-9,15-16,19,22H2,1-3H3,(H2,37,38,40). The van der Waals surface area contributed by atoms with Crippen LogP contribution in [0, 0.1) is 11.6 Å². The molecule has 0 spiro atoms. The lowest BCUT2D eigenvalue weighted by molar-refractivity contribution is 0.107. The molecule has 1 aliphatic carbocycles. The second-order valence-corrected chi connectivity index (χ2v) is 12.0. The molecule has 4 rings (SSSR count). The van der Waals surface area contributed by atoms with Crippen molar-refractivity contribution in [3.8, 4) is 0 Å². The fraction of sp³-hybridized carbons (Fsp3) is 0.424. The van der Waals surface area contributed by atoms with Gasteiger partial charge in [0.2, 0.25) is 0 Å². The van der Waals surface area contributed by atoms with Gasteiger partial charge in [-0.3, -0.25) is 0 Å². The molecule has 0 heterocycles. The fourth-order valence-corrected chi connectivity index (χ4v) is 5.57. The van der Waals surface area contributed by atoms with Crippen LogP contribution in [0.15, 0.2) is 72.8 Å². The van der Waals surface area contributed by atoms with Crippen molar-refractivity contribution < 1.29 is 18.7 Å². The maximum atomic E-state index is 14.0. The first-order valence-electron chi connectivity index (χ1n) is 14.2. The van der Waals surface area contributed by atoms with E-state index in [1.807, 2.05) is 6.07 Å². The van der Waals surface area contributed by atoms with Crippen LogP contribution in [-0.2, 0) is 17.4 Å². The summed E-state index contributed by atoms with van der Waals surface area (Å²) in [4.78, 5) is 12.9. The highest BCUT2D eigenvalue weighted by molar-refractivity contribution is 5.89. The summed E-state index contributed by atoms with van der Waals surface area (Å²) < 4.78 is 27.9. The molecule has 2 amide bonds. The maximum Gasteiger partial charge on any atom is 0.319 e. The Kier molecular flexibility index (Phi) is 9.59. The largest absolute Gasteiger partial charge is 0.390 e. The number of carbonyl (C=O) groups excluding carboxylic acids is 1. The van der Waals surface area contributed by atoms with Crippen LogP contribution in [0.3, 0.4) is 0 Å². The van der Waals surface area contributed by atoms with Gasteiger partial charge in [-0.05, 0) is 65.6 Å². The Morgan fingerprint density at radius 1 is 0.925 bits per heavy atom. The highest BCUT2D eigenvalue weighted by Gasteiger charge is 2.35. The molecule has 3 aromatic rings. The van der Waals surface area contributed by atoms with E-state index in [2.05, 4.69) is 61.0 Å². The lowest BCUT2D eigenvalue weighted by atomic mass is 9.74. The van der Waals surface area contributed by atoms with Crippen molar-refractivity contribution in [2.24, 2.45) is 0 Å². The number of urea groups is 1. The molecule has 0 aliphatic heterocycles. The maximum absolute atomic E-state index is 14.0. The lowest BCUT2D eigenvalue weighted by Gasteiger charge is -2.41. The van der Waals surface area contributed by atoms with Gasteiger partial charge in [0.1, 0.15) is 11.6 Å². The third kappa shape index (κ3) is 7.89. The molecule has 1 saturated carbocycles. The van der Waals surface area contributed by atoms with Crippen LogP contribution in [0.2, 0.25) is 0 Å². The number of hydrogen-bond donors (Lipinski definition) is 4. The molecule has 40 heavy (non-hydrogen) atoms. The van der Waals surface area contributed by atoms with E-state index in [0.717, 1.165) is 31.7 Å². The fourth-order valence-electron chi connectivity index (χ4n) is 5.57. The molecule has 214 valence electrons. The lowest BCUT2D eigenvalue weighted by Crippen LogP contribution is -2.54. The molecule has 4 N–H and O–H groups in total. The summed E-state index contributed by atoms with van der Waals surface area (Å²) in [5, 5.41) is 20.7. The molecule has 1 fully saturated rings. The average Bonchev–Trinajstić information content (AvgIpc) is 2.91. The van der Waals surface area contributed by atoms with Crippen molar-refractivity contribution in [3.63, 3.8) is 0 Å². The summed E-state index contributed by atoms with van der Waals surface area (Å²) in [6, 6.07) is 19.6. The van der Waals surface area contributed by atoms with E-state index >= 15 is 0 Å². The number of aliphatic hydroxyl groups excluding tert-OH is 1. The van der Waals surface area contributed by atoms with Gasteiger partial charge in [0.15, 0.2) is 0 Å². The zero-order valence-electron chi connectivity index (χ0n) is 23.6. The normalized spacial score (nSPS) is 16.6. The first-order valence-corrected chi connectivity index (χ1v) is 14.2. The van der Waals surface area contributed by atoms with Gasteiger partial charge in [0, 0.05) is 23.8 Å². The highest BCUT2D eigenvalue weighted by Crippen LogP contribution is 2.38. The quantitative estimate of drug-likeness (QED) is 0.237. The third-order valence-corrected chi connectivity index (χ3v) is 7.83. The smallest absolute Gasteiger partial charge is 0.319 e. The molecule has 2 atom stereocenters. The van der Waals surface area contributed by atoms with E-state index in [0.29, 0.717) is 11.3 Å². The van der Waals surface area contributed by atoms with E-state index in [1.54, 1.807) is 24.3 Å². The predicted molar refractivity (Wildman–Crippen MR) is 156 cm³/mol. The van der Waals surface area contributed by atoms with Crippen molar-refractivity contribution in [2.45, 2.75) is 82.4 Å². The van der Waals surface area contributed by atoms with Crippen LogP contribution in [-0.4, -0.2) is 29.8 Å². The van der Waals surface area contributed by atoms with E-state index < -0.39 is 29.8 Å². The van der Waals surface area contributed by atoms with Gasteiger partial charge >= 0.3 is 6.03 Å². The molecule has 0 bridgehead atoms. The molecule has 3 aromatic carbocycles. The highest BCUT2D eigenvalue weighted by atomic mass is 19.1. The van der Waals surface area contributed by atoms with E-state index in [1.165, 1.54) is 29.7 Å². The topological polar surface area (TPSA) is 73.4 Å². The summed E-state index contributed by atoms with van der Waals surface area (Å²) in [6.07, 6.45) is 4.24. The van der Waals surface area contributed by atoms with Crippen LogP contribution in [0.5, 0.6) is 0 Å². The van der Waals surface area contributed by atoms with Gasteiger partial charge in [0.25, 0.3) is 0 Å². The Labute approximate surface area is 236 Å². The van der Waals surface area contributed by atoms with Gasteiger partial charge in [-0.1, -0.05) is 82.5 Å². The third-order valence-electron chi connectivity index (χ3n) is 7.83. The Morgan fingerprint density at radius 2 is 1.60 bits per heavy atom. The van der Waals surface area contributed by atoms with Crippen LogP contribution in [0.4, 0.5) is 19.3 Å². The molecule has 1 aliphatic rings. The molecule has 0 radical (unpaired) electrons. The number of hydrogen-bond acceptors (Lipinski definition) is 3. The number of para-hydroxylation sites is 1. The number of nitrogens with one attached hydrogen (secondary N) is 3. The zero-order chi connectivity index (χ0) is 28.8. The van der Waals surface area contributed by atoms with Crippen molar-refractivity contribution >= 4 is 11.7 Å². The number of aliphatic hydroxyl groups is 1. The molecular weight excluding hydrogens is 508 g/mol. The van der Waals surface area contributed by atoms with E-state index in [4.69, 9.17) is 0 Å². The minimum atomic E-state index is -1.02. The SMILES string of the molecule is CC(C)(C)c1cccc(C2(NCC(O)C(Cc3cc(F)cc(F)c3)NC(=O)Nc3ccccc3)CCCCC2)c1. The second kappa shape index (κ2) is 12.9. The number of rotatable bonds is 9. The summed E-state index contributed by atoms with van der Waals surface area (Å²) >= 11 is 0. The molecule has 0 saturated heterocycles. The Balaban J connectivity index is 1.54. The number of benzene rings is 3. The summed E-state index contributed by atoms with van der Waals surface area (Å²) in [5.41, 5.74) is 3.11. The van der Waals surface area contributed by atoms with Crippen LogP contribution in [0.25, 0.3) is 0 Å². The molecule has 7 heteroatoms. The van der Waals surface area contributed by atoms with Gasteiger partial charge in [-0.25, -0.2) is 13.6 Å². The molecule has 0 aromatic heterocycles. The van der Waals surface area contributed by atoms with E-state index in [9.17, 15) is 18.7 Å². The van der Waals surface area contributed by atoms with Crippen molar-refractivity contribution in [1.82, 2.24) is 10.6 Å². The van der Waals surface area contributed by atoms with Crippen LogP contribution < -0.4 is 16.0 Å². The zero-order valence-corrected chi connectivity index (χ0v) is 23.6. The number of anilines is 1. The average molecular weight is 550 g/mol. The van der Waals surface area contributed by atoms with Gasteiger partial charge in [0.05, 0.1) is 12.1 Å². The van der Waals surface area contributed by atoms with Gasteiger partial charge in [-0.15, -0.1) is 0 Å². The molecule has 5 nitrogen and oxygen atoms in total.